The van der Waals surface area contributed by atoms with E-state index in [4.69, 9.17) is 4.74 Å². The van der Waals surface area contributed by atoms with E-state index in [0.29, 0.717) is 12.5 Å². The molecule has 1 aromatic carbocycles. The van der Waals surface area contributed by atoms with Crippen LogP contribution in [0.4, 0.5) is 10.5 Å². The molecule has 0 bridgehead atoms. The molecule has 0 aromatic heterocycles. The maximum absolute atomic E-state index is 12.5. The number of rotatable bonds is 6. The Morgan fingerprint density at radius 1 is 1.33 bits per heavy atom. The number of nitrogens with one attached hydrogen (secondary N) is 1. The van der Waals surface area contributed by atoms with Crippen molar-refractivity contribution < 1.29 is 14.6 Å². The molecule has 2 rings (SSSR count). The van der Waals surface area contributed by atoms with Crippen LogP contribution in [0.1, 0.15) is 45.1 Å². The van der Waals surface area contributed by atoms with Gasteiger partial charge in [0.15, 0.2) is 0 Å². The number of ether oxygens (including phenoxy) is 1. The first-order chi connectivity index (χ1) is 11.5. The Balaban J connectivity index is 1.88. The summed E-state index contributed by atoms with van der Waals surface area (Å²) in [7, 11) is 1.85. The first-order valence-electron chi connectivity index (χ1n) is 8.84. The zero-order valence-electron chi connectivity index (χ0n) is 15.0. The van der Waals surface area contributed by atoms with Crippen LogP contribution in [0.15, 0.2) is 24.3 Å². The van der Waals surface area contributed by atoms with Crippen LogP contribution in [0, 0.1) is 5.92 Å². The fraction of sp³-hybridized carbons (Fsp3) is 0.632. The van der Waals surface area contributed by atoms with Crippen molar-refractivity contribution >= 4 is 11.7 Å². The minimum absolute atomic E-state index is 0.0793. The van der Waals surface area contributed by atoms with Crippen molar-refractivity contribution in [3.63, 3.8) is 0 Å². The van der Waals surface area contributed by atoms with Crippen LogP contribution < -0.4 is 5.32 Å². The molecule has 1 fully saturated rings. The molecule has 2 N–H and O–H groups in total. The van der Waals surface area contributed by atoms with Gasteiger partial charge in [-0.2, -0.15) is 0 Å². The first-order valence-corrected chi connectivity index (χ1v) is 8.84. The maximum Gasteiger partial charge on any atom is 0.321 e. The molecule has 0 heterocycles. The topological polar surface area (TPSA) is 61.8 Å². The van der Waals surface area contributed by atoms with E-state index in [1.807, 2.05) is 45.2 Å². The van der Waals surface area contributed by atoms with Gasteiger partial charge in [-0.15, -0.1) is 0 Å². The predicted octanol–water partition coefficient (Wildman–Crippen LogP) is 3.63. The highest BCUT2D eigenvalue weighted by atomic mass is 16.5. The molecular weight excluding hydrogens is 304 g/mol. The lowest BCUT2D eigenvalue weighted by Crippen LogP contribution is -2.42. The van der Waals surface area contributed by atoms with Crippen LogP contribution in [0.25, 0.3) is 0 Å². The van der Waals surface area contributed by atoms with E-state index in [1.54, 1.807) is 4.90 Å². The molecule has 0 radical (unpaired) electrons. The van der Waals surface area contributed by atoms with Crippen LogP contribution in [-0.4, -0.2) is 41.8 Å². The predicted molar refractivity (Wildman–Crippen MR) is 96.0 cm³/mol. The van der Waals surface area contributed by atoms with Gasteiger partial charge in [0.2, 0.25) is 0 Å². The van der Waals surface area contributed by atoms with Crippen LogP contribution in [-0.2, 0) is 11.3 Å². The van der Waals surface area contributed by atoms with Crippen molar-refractivity contribution in [1.29, 1.82) is 0 Å². The minimum atomic E-state index is -0.0793. The standard InChI is InChI=1S/C19H30N2O3/c1-14(2)24-13-16-5-4-6-17(11-16)20-19(23)21(3)18-9-7-15(12-22)8-10-18/h4-6,11,14-15,18,22H,7-10,12-13H2,1-3H3,(H,20,23). The molecule has 134 valence electrons. The van der Waals surface area contributed by atoms with Crippen molar-refractivity contribution in [1.82, 2.24) is 4.90 Å². The Morgan fingerprint density at radius 3 is 2.67 bits per heavy atom. The summed E-state index contributed by atoms with van der Waals surface area (Å²) in [5.74, 6) is 0.398. The van der Waals surface area contributed by atoms with E-state index in [0.717, 1.165) is 36.9 Å². The number of hydrogen-bond acceptors (Lipinski definition) is 3. The van der Waals surface area contributed by atoms with Crippen LogP contribution >= 0.6 is 0 Å². The summed E-state index contributed by atoms with van der Waals surface area (Å²) in [6.07, 6.45) is 4.07. The largest absolute Gasteiger partial charge is 0.396 e. The molecular formula is C19H30N2O3. The van der Waals surface area contributed by atoms with Crippen molar-refractivity contribution in [2.45, 2.75) is 58.3 Å². The number of anilines is 1. The van der Waals surface area contributed by atoms with Crippen molar-refractivity contribution in [3.8, 4) is 0 Å². The number of carbonyl (C=O) groups excluding carboxylic acids is 1. The molecule has 5 heteroatoms. The third-order valence-corrected chi connectivity index (χ3v) is 4.70. The first kappa shape index (κ1) is 18.7. The lowest BCUT2D eigenvalue weighted by molar-refractivity contribution is 0.0657. The Morgan fingerprint density at radius 2 is 2.04 bits per heavy atom. The minimum Gasteiger partial charge on any atom is -0.396 e. The van der Waals surface area contributed by atoms with Gasteiger partial charge in [0.05, 0.1) is 12.7 Å². The van der Waals surface area contributed by atoms with E-state index in [2.05, 4.69) is 5.32 Å². The quantitative estimate of drug-likeness (QED) is 0.835. The number of aliphatic hydroxyl groups excluding tert-OH is 1. The van der Waals surface area contributed by atoms with Gasteiger partial charge in [0, 0.05) is 25.4 Å². The normalized spacial score (nSPS) is 20.9. The molecule has 0 atom stereocenters. The number of nitrogens with zero attached hydrogens (tertiary/aromatic N) is 1. The van der Waals surface area contributed by atoms with Crippen LogP contribution in [0.2, 0.25) is 0 Å². The molecule has 0 spiro atoms. The van der Waals surface area contributed by atoms with Crippen LogP contribution in [0.3, 0.4) is 0 Å². The summed E-state index contributed by atoms with van der Waals surface area (Å²) >= 11 is 0. The summed E-state index contributed by atoms with van der Waals surface area (Å²) in [5.41, 5.74) is 1.84. The van der Waals surface area contributed by atoms with Gasteiger partial charge in [-0.05, 0) is 63.1 Å². The van der Waals surface area contributed by atoms with E-state index < -0.39 is 0 Å². The van der Waals surface area contributed by atoms with Crippen LogP contribution in [0.5, 0.6) is 0 Å². The monoisotopic (exact) mass is 334 g/mol. The van der Waals surface area contributed by atoms with E-state index >= 15 is 0 Å². The highest BCUT2D eigenvalue weighted by Gasteiger charge is 2.26. The van der Waals surface area contributed by atoms with Gasteiger partial charge in [-0.3, -0.25) is 0 Å². The number of urea groups is 1. The molecule has 1 aliphatic rings. The highest BCUT2D eigenvalue weighted by Crippen LogP contribution is 2.27. The molecule has 0 saturated heterocycles. The zero-order chi connectivity index (χ0) is 17.5. The van der Waals surface area contributed by atoms with E-state index in [1.165, 1.54) is 0 Å². The average molecular weight is 334 g/mol. The van der Waals surface area contributed by atoms with Gasteiger partial charge in [-0.1, -0.05) is 12.1 Å². The summed E-state index contributed by atoms with van der Waals surface area (Å²) in [6.45, 7) is 4.81. The van der Waals surface area contributed by atoms with Gasteiger partial charge in [0.1, 0.15) is 0 Å². The second kappa shape index (κ2) is 9.04. The Labute approximate surface area is 145 Å². The average Bonchev–Trinajstić information content (AvgIpc) is 2.59. The maximum atomic E-state index is 12.5. The smallest absolute Gasteiger partial charge is 0.321 e. The number of aliphatic hydroxyl groups is 1. The van der Waals surface area contributed by atoms with Crippen molar-refractivity contribution in [2.24, 2.45) is 5.92 Å². The molecule has 1 aromatic rings. The summed E-state index contributed by atoms with van der Waals surface area (Å²) in [5, 5.41) is 12.2. The van der Waals surface area contributed by atoms with Gasteiger partial charge < -0.3 is 20.1 Å². The summed E-state index contributed by atoms with van der Waals surface area (Å²) in [4.78, 5) is 14.3. The summed E-state index contributed by atoms with van der Waals surface area (Å²) in [6, 6.07) is 7.95. The molecule has 1 saturated carbocycles. The van der Waals surface area contributed by atoms with E-state index in [-0.39, 0.29) is 24.8 Å². The third kappa shape index (κ3) is 5.49. The lowest BCUT2D eigenvalue weighted by atomic mass is 9.86. The Hall–Kier alpha value is -1.59. The fourth-order valence-electron chi connectivity index (χ4n) is 3.09. The second-order valence-corrected chi connectivity index (χ2v) is 6.96. The third-order valence-electron chi connectivity index (χ3n) is 4.70. The van der Waals surface area contributed by atoms with Gasteiger partial charge in [0.25, 0.3) is 0 Å². The summed E-state index contributed by atoms with van der Waals surface area (Å²) < 4.78 is 5.61. The molecule has 5 nitrogen and oxygen atoms in total. The molecule has 0 unspecified atom stereocenters. The molecule has 24 heavy (non-hydrogen) atoms. The van der Waals surface area contributed by atoms with Gasteiger partial charge in [-0.25, -0.2) is 4.79 Å². The second-order valence-electron chi connectivity index (χ2n) is 6.96. The number of carbonyl (C=O) groups is 1. The number of amides is 2. The molecule has 1 aliphatic carbocycles. The molecule has 2 amide bonds. The Kier molecular flexibility index (Phi) is 7.06. The molecule has 0 aliphatic heterocycles. The van der Waals surface area contributed by atoms with E-state index in [9.17, 15) is 9.90 Å². The highest BCUT2D eigenvalue weighted by molar-refractivity contribution is 5.89. The SMILES string of the molecule is CC(C)OCc1cccc(NC(=O)N(C)C2CCC(CO)CC2)c1. The Bertz CT molecular complexity index is 525. The zero-order valence-corrected chi connectivity index (χ0v) is 15.0. The van der Waals surface area contributed by atoms with Crippen molar-refractivity contribution in [3.05, 3.63) is 29.8 Å². The van der Waals surface area contributed by atoms with Gasteiger partial charge >= 0.3 is 6.03 Å². The number of benzene rings is 1. The van der Waals surface area contributed by atoms with Crippen molar-refractivity contribution in [2.75, 3.05) is 19.0 Å². The number of hydrogen-bond donors (Lipinski definition) is 2. The lowest BCUT2D eigenvalue weighted by Gasteiger charge is -2.34. The fourth-order valence-corrected chi connectivity index (χ4v) is 3.09.